The molecule has 0 aliphatic carbocycles. The number of aromatic amines is 1. The van der Waals surface area contributed by atoms with Gasteiger partial charge in [-0.25, -0.2) is 9.37 Å². The van der Waals surface area contributed by atoms with E-state index in [0.717, 1.165) is 11.1 Å². The van der Waals surface area contributed by atoms with Crippen molar-refractivity contribution in [2.75, 3.05) is 11.1 Å². The second-order valence-electron chi connectivity index (χ2n) is 5.30. The molecule has 1 heterocycles. The Hall–Kier alpha value is -2.19. The Bertz CT molecular complexity index is 915. The topological polar surface area (TPSA) is 70.7 Å². The van der Waals surface area contributed by atoms with E-state index in [1.54, 1.807) is 6.07 Å². The van der Waals surface area contributed by atoms with Gasteiger partial charge in [0.15, 0.2) is 5.82 Å². The molecule has 0 spiro atoms. The number of halogens is 2. The highest BCUT2D eigenvalue weighted by molar-refractivity contribution is 9.10. The number of nitrogens with one attached hydrogen (secondary N) is 2. The summed E-state index contributed by atoms with van der Waals surface area (Å²) in [5.41, 5.74) is 2.20. The zero-order valence-corrected chi connectivity index (χ0v) is 15.6. The molecule has 0 radical (unpaired) electrons. The zero-order valence-electron chi connectivity index (χ0n) is 13.2. The number of carbonyl (C=O) groups excluding carboxylic acids is 1. The first-order valence-electron chi connectivity index (χ1n) is 7.38. The largest absolute Gasteiger partial charge is 0.323 e. The van der Waals surface area contributed by atoms with Crippen LogP contribution >= 0.6 is 27.7 Å². The second kappa shape index (κ2) is 7.79. The Morgan fingerprint density at radius 3 is 2.92 bits per heavy atom. The van der Waals surface area contributed by atoms with Gasteiger partial charge < -0.3 is 5.32 Å². The Morgan fingerprint density at radius 2 is 2.16 bits per heavy atom. The first-order chi connectivity index (χ1) is 12.0. The number of nitrogens with zero attached hydrogens (tertiary/aromatic N) is 2. The van der Waals surface area contributed by atoms with Crippen LogP contribution in [0.25, 0.3) is 11.4 Å². The predicted octanol–water partition coefficient (Wildman–Crippen LogP) is 4.41. The maximum absolute atomic E-state index is 13.7. The smallest absolute Gasteiger partial charge is 0.234 e. The van der Waals surface area contributed by atoms with Crippen LogP contribution in [0.1, 0.15) is 5.56 Å². The molecule has 3 aromatic rings. The molecule has 0 unspecified atom stereocenters. The SMILES string of the molecule is Cc1cccc(-c2nc(SCC(=O)Nc3ccc(Br)cc3F)n[nH]2)c1. The van der Waals surface area contributed by atoms with Gasteiger partial charge in [-0.15, -0.1) is 5.10 Å². The fourth-order valence-corrected chi connectivity index (χ4v) is 3.07. The van der Waals surface area contributed by atoms with Gasteiger partial charge in [-0.1, -0.05) is 51.5 Å². The number of aryl methyl sites for hydroxylation is 1. The van der Waals surface area contributed by atoms with Gasteiger partial charge in [0.2, 0.25) is 11.1 Å². The second-order valence-corrected chi connectivity index (χ2v) is 7.16. The quantitative estimate of drug-likeness (QED) is 0.599. The van der Waals surface area contributed by atoms with E-state index < -0.39 is 5.82 Å². The molecule has 0 saturated carbocycles. The summed E-state index contributed by atoms with van der Waals surface area (Å²) in [4.78, 5) is 16.3. The molecule has 0 aliphatic heterocycles. The van der Waals surface area contributed by atoms with E-state index >= 15 is 0 Å². The molecule has 0 fully saturated rings. The summed E-state index contributed by atoms with van der Waals surface area (Å²) in [6.07, 6.45) is 0. The van der Waals surface area contributed by atoms with Gasteiger partial charge in [-0.05, 0) is 31.2 Å². The highest BCUT2D eigenvalue weighted by atomic mass is 79.9. The summed E-state index contributed by atoms with van der Waals surface area (Å²) >= 11 is 4.35. The molecule has 128 valence electrons. The molecular weight excluding hydrogens is 407 g/mol. The van der Waals surface area contributed by atoms with Gasteiger partial charge in [0, 0.05) is 10.0 Å². The minimum atomic E-state index is -0.493. The molecular formula is C17H14BrFN4OS. The number of thioether (sulfide) groups is 1. The predicted molar refractivity (Wildman–Crippen MR) is 100 cm³/mol. The summed E-state index contributed by atoms with van der Waals surface area (Å²) in [6.45, 7) is 2.00. The third-order valence-electron chi connectivity index (χ3n) is 3.29. The van der Waals surface area contributed by atoms with Crippen LogP contribution in [-0.4, -0.2) is 26.8 Å². The Morgan fingerprint density at radius 1 is 1.32 bits per heavy atom. The van der Waals surface area contributed by atoms with Crippen LogP contribution in [-0.2, 0) is 4.79 Å². The van der Waals surface area contributed by atoms with Crippen LogP contribution in [0.15, 0.2) is 52.1 Å². The van der Waals surface area contributed by atoms with Crippen LogP contribution < -0.4 is 5.32 Å². The number of H-pyrrole nitrogens is 1. The van der Waals surface area contributed by atoms with Crippen LogP contribution in [0.4, 0.5) is 10.1 Å². The molecule has 1 amide bonds. The van der Waals surface area contributed by atoms with Crippen molar-refractivity contribution in [2.45, 2.75) is 12.1 Å². The van der Waals surface area contributed by atoms with Crippen molar-refractivity contribution in [1.29, 1.82) is 0 Å². The monoisotopic (exact) mass is 420 g/mol. The van der Waals surface area contributed by atoms with Crippen molar-refractivity contribution in [2.24, 2.45) is 0 Å². The first kappa shape index (κ1) is 17.6. The number of aromatic nitrogens is 3. The Kier molecular flexibility index (Phi) is 5.50. The average molecular weight is 421 g/mol. The lowest BCUT2D eigenvalue weighted by Crippen LogP contribution is -2.15. The lowest BCUT2D eigenvalue weighted by atomic mass is 10.1. The van der Waals surface area contributed by atoms with E-state index in [4.69, 9.17) is 0 Å². The Balaban J connectivity index is 1.59. The summed E-state index contributed by atoms with van der Waals surface area (Å²) in [6, 6.07) is 12.3. The standard InChI is InChI=1S/C17H14BrFN4OS/c1-10-3-2-4-11(7-10)16-21-17(23-22-16)25-9-15(24)20-14-6-5-12(18)8-13(14)19/h2-8H,9H2,1H3,(H,20,24)(H,21,22,23). The molecule has 0 saturated heterocycles. The van der Waals surface area contributed by atoms with Crippen molar-refractivity contribution in [3.8, 4) is 11.4 Å². The molecule has 0 atom stereocenters. The number of amides is 1. The molecule has 0 aliphatic rings. The number of hydrogen-bond acceptors (Lipinski definition) is 4. The van der Waals surface area contributed by atoms with E-state index in [2.05, 4.69) is 36.4 Å². The lowest BCUT2D eigenvalue weighted by molar-refractivity contribution is -0.113. The molecule has 2 aromatic carbocycles. The number of rotatable bonds is 5. The minimum Gasteiger partial charge on any atom is -0.323 e. The van der Waals surface area contributed by atoms with Crippen LogP contribution in [0.3, 0.4) is 0 Å². The van der Waals surface area contributed by atoms with Gasteiger partial charge >= 0.3 is 0 Å². The molecule has 5 nitrogen and oxygen atoms in total. The van der Waals surface area contributed by atoms with Gasteiger partial charge in [-0.3, -0.25) is 9.89 Å². The van der Waals surface area contributed by atoms with Crippen LogP contribution in [0.5, 0.6) is 0 Å². The summed E-state index contributed by atoms with van der Waals surface area (Å²) in [7, 11) is 0. The number of hydrogen-bond donors (Lipinski definition) is 2. The first-order valence-corrected chi connectivity index (χ1v) is 9.16. The maximum atomic E-state index is 13.7. The average Bonchev–Trinajstić information content (AvgIpc) is 3.05. The van der Waals surface area contributed by atoms with E-state index in [-0.39, 0.29) is 17.3 Å². The summed E-state index contributed by atoms with van der Waals surface area (Å²) in [5.74, 6) is -0.0910. The minimum absolute atomic E-state index is 0.0839. The molecule has 2 N–H and O–H groups in total. The fourth-order valence-electron chi connectivity index (χ4n) is 2.14. The third kappa shape index (κ3) is 4.67. The van der Waals surface area contributed by atoms with Gasteiger partial charge in [-0.2, -0.15) is 0 Å². The van der Waals surface area contributed by atoms with Crippen molar-refractivity contribution in [3.63, 3.8) is 0 Å². The summed E-state index contributed by atoms with van der Waals surface area (Å²) < 4.78 is 14.3. The van der Waals surface area contributed by atoms with Gasteiger partial charge in [0.1, 0.15) is 5.82 Å². The van der Waals surface area contributed by atoms with Crippen molar-refractivity contribution in [3.05, 3.63) is 58.3 Å². The zero-order chi connectivity index (χ0) is 17.8. The normalized spacial score (nSPS) is 10.7. The van der Waals surface area contributed by atoms with E-state index in [1.807, 2.05) is 31.2 Å². The molecule has 3 rings (SSSR count). The van der Waals surface area contributed by atoms with Crippen LogP contribution in [0.2, 0.25) is 0 Å². The van der Waals surface area contributed by atoms with Crippen molar-refractivity contribution >= 4 is 39.3 Å². The van der Waals surface area contributed by atoms with E-state index in [1.165, 1.54) is 23.9 Å². The maximum Gasteiger partial charge on any atom is 0.234 e. The van der Waals surface area contributed by atoms with Gasteiger partial charge in [0.25, 0.3) is 0 Å². The third-order valence-corrected chi connectivity index (χ3v) is 4.63. The molecule has 25 heavy (non-hydrogen) atoms. The number of benzene rings is 2. The van der Waals surface area contributed by atoms with Crippen molar-refractivity contribution in [1.82, 2.24) is 15.2 Å². The highest BCUT2D eigenvalue weighted by Gasteiger charge is 2.11. The highest BCUT2D eigenvalue weighted by Crippen LogP contribution is 2.22. The molecule has 0 bridgehead atoms. The molecule has 8 heteroatoms. The summed E-state index contributed by atoms with van der Waals surface area (Å²) in [5, 5.41) is 9.95. The lowest BCUT2D eigenvalue weighted by Gasteiger charge is -2.05. The number of carbonyl (C=O) groups is 1. The van der Waals surface area contributed by atoms with Crippen LogP contribution in [0, 0.1) is 12.7 Å². The van der Waals surface area contributed by atoms with E-state index in [0.29, 0.717) is 15.5 Å². The molecule has 1 aromatic heterocycles. The van der Waals surface area contributed by atoms with Crippen molar-refractivity contribution < 1.29 is 9.18 Å². The van der Waals surface area contributed by atoms with E-state index in [9.17, 15) is 9.18 Å². The fraction of sp³-hybridized carbons (Fsp3) is 0.118. The number of anilines is 1. The Labute approximate surface area is 156 Å². The van der Waals surface area contributed by atoms with Gasteiger partial charge in [0.05, 0.1) is 11.4 Å².